The molecule has 6 heteroatoms. The lowest BCUT2D eigenvalue weighted by Gasteiger charge is -2.16. The molecular formula is C14H17F3N2O. The van der Waals surface area contributed by atoms with E-state index < -0.39 is 17.6 Å². The van der Waals surface area contributed by atoms with Crippen LogP contribution >= 0.6 is 0 Å². The van der Waals surface area contributed by atoms with Gasteiger partial charge >= 0.3 is 6.18 Å². The van der Waals surface area contributed by atoms with Crippen molar-refractivity contribution in [2.24, 2.45) is 5.92 Å². The Hall–Kier alpha value is -1.72. The van der Waals surface area contributed by atoms with Crippen LogP contribution in [0.4, 0.5) is 18.9 Å². The quantitative estimate of drug-likeness (QED) is 0.892. The molecule has 2 rings (SSSR count). The molecule has 1 unspecified atom stereocenters. The highest BCUT2D eigenvalue weighted by molar-refractivity contribution is 5.95. The maximum atomic E-state index is 12.9. The van der Waals surface area contributed by atoms with E-state index in [0.29, 0.717) is 5.92 Å². The molecule has 1 aliphatic carbocycles. The molecule has 1 atom stereocenters. The molecule has 0 spiro atoms. The minimum absolute atomic E-state index is 0.000753. The standard InChI is InChI=1S/C14H17F3N2O/c1-8(9-3-4-9)19-13(20)10-5-6-12(18-2)11(7-10)14(15,16)17/h5-9,18H,3-4H2,1-2H3,(H,19,20). The number of carbonyl (C=O) groups is 1. The minimum atomic E-state index is -4.49. The Labute approximate surface area is 115 Å². The van der Waals surface area contributed by atoms with Crippen LogP contribution in [-0.4, -0.2) is 19.0 Å². The van der Waals surface area contributed by atoms with Crippen molar-refractivity contribution in [3.8, 4) is 0 Å². The molecule has 0 heterocycles. The third-order valence-corrected chi connectivity index (χ3v) is 3.54. The van der Waals surface area contributed by atoms with Gasteiger partial charge in [0.1, 0.15) is 0 Å². The number of halogens is 3. The number of hydrogen-bond acceptors (Lipinski definition) is 2. The van der Waals surface area contributed by atoms with Gasteiger partial charge in [0.05, 0.1) is 5.56 Å². The van der Waals surface area contributed by atoms with Gasteiger partial charge in [0.15, 0.2) is 0 Å². The van der Waals surface area contributed by atoms with Gasteiger partial charge in [0.25, 0.3) is 5.91 Å². The summed E-state index contributed by atoms with van der Waals surface area (Å²) in [5.41, 5.74) is -0.833. The highest BCUT2D eigenvalue weighted by Crippen LogP contribution is 2.35. The summed E-state index contributed by atoms with van der Waals surface area (Å²) < 4.78 is 38.7. The van der Waals surface area contributed by atoms with Gasteiger partial charge < -0.3 is 10.6 Å². The molecule has 0 aliphatic heterocycles. The topological polar surface area (TPSA) is 41.1 Å². The highest BCUT2D eigenvalue weighted by Gasteiger charge is 2.34. The van der Waals surface area contributed by atoms with E-state index in [1.807, 2.05) is 6.92 Å². The number of hydrogen-bond donors (Lipinski definition) is 2. The fourth-order valence-electron chi connectivity index (χ4n) is 2.14. The van der Waals surface area contributed by atoms with Crippen molar-refractivity contribution in [2.45, 2.75) is 32.0 Å². The average molecular weight is 286 g/mol. The van der Waals surface area contributed by atoms with Crippen molar-refractivity contribution in [1.82, 2.24) is 5.32 Å². The van der Waals surface area contributed by atoms with Crippen molar-refractivity contribution in [3.05, 3.63) is 29.3 Å². The minimum Gasteiger partial charge on any atom is -0.388 e. The summed E-state index contributed by atoms with van der Waals surface area (Å²) in [6.07, 6.45) is -2.36. The highest BCUT2D eigenvalue weighted by atomic mass is 19.4. The largest absolute Gasteiger partial charge is 0.418 e. The van der Waals surface area contributed by atoms with E-state index >= 15 is 0 Å². The summed E-state index contributed by atoms with van der Waals surface area (Å²) in [4.78, 5) is 12.0. The van der Waals surface area contributed by atoms with Crippen LogP contribution in [0.5, 0.6) is 0 Å². The van der Waals surface area contributed by atoms with Crippen LogP contribution in [0.1, 0.15) is 35.7 Å². The van der Waals surface area contributed by atoms with Gasteiger partial charge in [-0.25, -0.2) is 0 Å². The fraction of sp³-hybridized carbons (Fsp3) is 0.500. The SMILES string of the molecule is CNc1ccc(C(=O)NC(C)C2CC2)cc1C(F)(F)F. The van der Waals surface area contributed by atoms with Crippen molar-refractivity contribution in [1.29, 1.82) is 0 Å². The Bertz CT molecular complexity index is 510. The molecule has 0 aromatic heterocycles. The number of benzene rings is 1. The first kappa shape index (κ1) is 14.7. The third kappa shape index (κ3) is 3.23. The number of alkyl halides is 3. The van der Waals surface area contributed by atoms with Gasteiger partial charge in [0, 0.05) is 24.3 Å². The fourth-order valence-corrected chi connectivity index (χ4v) is 2.14. The van der Waals surface area contributed by atoms with Crippen molar-refractivity contribution in [2.75, 3.05) is 12.4 Å². The Morgan fingerprint density at radius 3 is 2.50 bits per heavy atom. The summed E-state index contributed by atoms with van der Waals surface area (Å²) in [5.74, 6) is -0.00447. The van der Waals surface area contributed by atoms with Crippen LogP contribution in [0.3, 0.4) is 0 Å². The second kappa shape index (κ2) is 5.34. The second-order valence-electron chi connectivity index (χ2n) is 5.11. The molecule has 0 radical (unpaired) electrons. The molecule has 0 saturated heterocycles. The molecule has 1 aromatic rings. The van der Waals surface area contributed by atoms with Crippen molar-refractivity contribution >= 4 is 11.6 Å². The van der Waals surface area contributed by atoms with E-state index in [-0.39, 0.29) is 17.3 Å². The smallest absolute Gasteiger partial charge is 0.388 e. The predicted molar refractivity (Wildman–Crippen MR) is 70.6 cm³/mol. The molecule has 1 fully saturated rings. The van der Waals surface area contributed by atoms with Crippen LogP contribution in [0, 0.1) is 5.92 Å². The average Bonchev–Trinajstić information content (AvgIpc) is 3.21. The van der Waals surface area contributed by atoms with E-state index in [1.54, 1.807) is 0 Å². The second-order valence-corrected chi connectivity index (χ2v) is 5.11. The lowest BCUT2D eigenvalue weighted by atomic mass is 10.1. The molecule has 110 valence electrons. The lowest BCUT2D eigenvalue weighted by Crippen LogP contribution is -2.34. The first-order chi connectivity index (χ1) is 9.32. The summed E-state index contributed by atoms with van der Waals surface area (Å²) in [7, 11) is 1.42. The van der Waals surface area contributed by atoms with Crippen molar-refractivity contribution in [3.63, 3.8) is 0 Å². The van der Waals surface area contributed by atoms with E-state index in [2.05, 4.69) is 10.6 Å². The van der Waals surface area contributed by atoms with Gasteiger partial charge in [-0.05, 0) is 43.9 Å². The van der Waals surface area contributed by atoms with Crippen LogP contribution < -0.4 is 10.6 Å². The Kier molecular flexibility index (Phi) is 3.92. The monoisotopic (exact) mass is 286 g/mol. The zero-order valence-corrected chi connectivity index (χ0v) is 11.3. The van der Waals surface area contributed by atoms with E-state index in [0.717, 1.165) is 18.9 Å². The van der Waals surface area contributed by atoms with Crippen LogP contribution in [0.25, 0.3) is 0 Å². The number of anilines is 1. The van der Waals surface area contributed by atoms with Crippen LogP contribution in [0.15, 0.2) is 18.2 Å². The molecule has 20 heavy (non-hydrogen) atoms. The van der Waals surface area contributed by atoms with Crippen molar-refractivity contribution < 1.29 is 18.0 Å². The third-order valence-electron chi connectivity index (χ3n) is 3.54. The Balaban J connectivity index is 2.21. The van der Waals surface area contributed by atoms with E-state index in [9.17, 15) is 18.0 Å². The summed E-state index contributed by atoms with van der Waals surface area (Å²) in [6.45, 7) is 1.88. The Morgan fingerprint density at radius 1 is 1.35 bits per heavy atom. The first-order valence-corrected chi connectivity index (χ1v) is 6.52. The van der Waals surface area contributed by atoms with E-state index in [1.165, 1.54) is 19.2 Å². The number of amides is 1. The molecule has 3 nitrogen and oxygen atoms in total. The number of rotatable bonds is 4. The first-order valence-electron chi connectivity index (χ1n) is 6.52. The number of nitrogens with one attached hydrogen (secondary N) is 2. The zero-order chi connectivity index (χ0) is 14.9. The Morgan fingerprint density at radius 2 is 2.00 bits per heavy atom. The van der Waals surface area contributed by atoms with Gasteiger partial charge in [-0.1, -0.05) is 0 Å². The molecule has 0 bridgehead atoms. The predicted octanol–water partition coefficient (Wildman–Crippen LogP) is 3.28. The molecule has 1 aromatic carbocycles. The molecule has 1 amide bonds. The maximum absolute atomic E-state index is 12.9. The van der Waals surface area contributed by atoms with Gasteiger partial charge in [-0.2, -0.15) is 13.2 Å². The van der Waals surface area contributed by atoms with E-state index in [4.69, 9.17) is 0 Å². The molecule has 1 aliphatic rings. The number of carbonyl (C=O) groups excluding carboxylic acids is 1. The van der Waals surface area contributed by atoms with Crippen LogP contribution in [0.2, 0.25) is 0 Å². The van der Waals surface area contributed by atoms with Gasteiger partial charge in [-0.3, -0.25) is 4.79 Å². The molecule has 1 saturated carbocycles. The maximum Gasteiger partial charge on any atom is 0.418 e. The van der Waals surface area contributed by atoms with Gasteiger partial charge in [-0.15, -0.1) is 0 Å². The molecule has 2 N–H and O–H groups in total. The lowest BCUT2D eigenvalue weighted by molar-refractivity contribution is -0.136. The molecular weight excluding hydrogens is 269 g/mol. The normalized spacial score (nSPS) is 16.6. The van der Waals surface area contributed by atoms with Gasteiger partial charge in [0.2, 0.25) is 0 Å². The summed E-state index contributed by atoms with van der Waals surface area (Å²) >= 11 is 0. The summed E-state index contributed by atoms with van der Waals surface area (Å²) in [6, 6.07) is 3.57. The zero-order valence-electron chi connectivity index (χ0n) is 11.3. The summed E-state index contributed by atoms with van der Waals surface area (Å²) in [5, 5.41) is 5.23. The van der Waals surface area contributed by atoms with Crippen LogP contribution in [-0.2, 0) is 6.18 Å².